The van der Waals surface area contributed by atoms with Crippen LogP contribution in [0.25, 0.3) is 0 Å². The number of hydrogen-bond acceptors (Lipinski definition) is 2. The van der Waals surface area contributed by atoms with Gasteiger partial charge in [-0.2, -0.15) is 0 Å². The summed E-state index contributed by atoms with van der Waals surface area (Å²) < 4.78 is 21.4. The van der Waals surface area contributed by atoms with Gasteiger partial charge < -0.3 is 4.74 Å². The maximum absolute atomic E-state index is 13.6. The Morgan fingerprint density at radius 2 is 1.70 bits per heavy atom. The first-order valence-electron chi connectivity index (χ1n) is 9.55. The summed E-state index contributed by atoms with van der Waals surface area (Å²) in [6, 6.07) is 20.5. The van der Waals surface area contributed by atoms with Gasteiger partial charge in [0.15, 0.2) is 0 Å². The van der Waals surface area contributed by atoms with Crippen LogP contribution in [0.1, 0.15) is 50.8 Å². The fourth-order valence-electron chi connectivity index (χ4n) is 3.38. The van der Waals surface area contributed by atoms with Crippen LogP contribution in [-0.2, 0) is 22.3 Å². The lowest BCUT2D eigenvalue weighted by molar-refractivity contribution is 0.0550. The molecule has 0 radical (unpaired) electrons. The molecule has 144 valence electrons. The van der Waals surface area contributed by atoms with Gasteiger partial charge >= 0.3 is 0 Å². The molecule has 0 fully saturated rings. The van der Waals surface area contributed by atoms with Crippen molar-refractivity contribution >= 4 is 11.0 Å². The lowest BCUT2D eigenvalue weighted by atomic mass is 9.96. The van der Waals surface area contributed by atoms with Crippen molar-refractivity contribution in [2.75, 3.05) is 0 Å². The quantitative estimate of drug-likeness (QED) is 0.670. The van der Waals surface area contributed by atoms with Crippen molar-refractivity contribution in [1.82, 2.24) is 4.31 Å². The van der Waals surface area contributed by atoms with E-state index in [1.54, 1.807) is 6.26 Å². The van der Waals surface area contributed by atoms with E-state index in [0.717, 1.165) is 24.0 Å². The average Bonchev–Trinajstić information content (AvgIpc) is 2.69. The van der Waals surface area contributed by atoms with Gasteiger partial charge in [-0.25, -0.2) is 8.51 Å². The highest BCUT2D eigenvalue weighted by Crippen LogP contribution is 2.35. The lowest BCUT2D eigenvalue weighted by Crippen LogP contribution is -2.44. The highest BCUT2D eigenvalue weighted by atomic mass is 32.2. The molecule has 0 saturated heterocycles. The molecule has 0 N–H and O–H groups in total. The molecule has 1 aliphatic heterocycles. The topological polar surface area (TPSA) is 29.5 Å². The third-order valence-electron chi connectivity index (χ3n) is 4.69. The number of rotatable bonds is 6. The summed E-state index contributed by atoms with van der Waals surface area (Å²) in [5.74, 6) is 0. The standard InChI is InChI=1S/C23H29NO2S/c1-23(2,3)27(25)24(18-19-12-6-4-7-13-19)22(20-14-8-5-9-15-20)21-16-10-11-17-26-21/h4-9,11-15,17,21-22H,10,16,18H2,1-3H3. The molecule has 0 aromatic heterocycles. The van der Waals surface area contributed by atoms with E-state index in [2.05, 4.69) is 34.6 Å². The summed E-state index contributed by atoms with van der Waals surface area (Å²) >= 11 is 0. The van der Waals surface area contributed by atoms with Gasteiger partial charge in [-0.05, 0) is 50.8 Å². The summed E-state index contributed by atoms with van der Waals surface area (Å²) in [7, 11) is -1.18. The SMILES string of the molecule is CC(C)(C)S(=O)N(Cc1ccccc1)C(c1ccccc1)C1CCC=CO1. The first-order valence-corrected chi connectivity index (χ1v) is 10.7. The highest BCUT2D eigenvalue weighted by molar-refractivity contribution is 7.84. The van der Waals surface area contributed by atoms with Crippen LogP contribution >= 0.6 is 0 Å². The summed E-state index contributed by atoms with van der Waals surface area (Å²) in [6.07, 6.45) is 5.73. The lowest BCUT2D eigenvalue weighted by Gasteiger charge is -2.39. The van der Waals surface area contributed by atoms with Crippen LogP contribution in [0.2, 0.25) is 0 Å². The molecule has 1 heterocycles. The molecular weight excluding hydrogens is 354 g/mol. The Bertz CT molecular complexity index is 768. The molecule has 3 nitrogen and oxygen atoms in total. The Labute approximate surface area is 165 Å². The van der Waals surface area contributed by atoms with E-state index < -0.39 is 11.0 Å². The molecule has 2 aromatic carbocycles. The molecule has 2 aromatic rings. The van der Waals surface area contributed by atoms with Gasteiger partial charge in [-0.3, -0.25) is 0 Å². The Hall–Kier alpha value is -1.91. The fraction of sp³-hybridized carbons (Fsp3) is 0.391. The van der Waals surface area contributed by atoms with Crippen molar-refractivity contribution < 1.29 is 8.95 Å². The van der Waals surface area contributed by atoms with Crippen molar-refractivity contribution in [2.24, 2.45) is 0 Å². The maximum Gasteiger partial charge on any atom is 0.119 e. The minimum Gasteiger partial charge on any atom is -0.496 e. The van der Waals surface area contributed by atoms with Crippen LogP contribution in [0.3, 0.4) is 0 Å². The van der Waals surface area contributed by atoms with E-state index in [1.807, 2.05) is 57.2 Å². The van der Waals surface area contributed by atoms with Crippen LogP contribution in [-0.4, -0.2) is 19.4 Å². The second-order valence-electron chi connectivity index (χ2n) is 7.90. The number of hydrogen-bond donors (Lipinski definition) is 0. The highest BCUT2D eigenvalue weighted by Gasteiger charge is 2.37. The van der Waals surface area contributed by atoms with Gasteiger partial charge in [-0.15, -0.1) is 0 Å². The molecule has 0 amide bonds. The van der Waals surface area contributed by atoms with E-state index >= 15 is 0 Å². The first-order chi connectivity index (χ1) is 13.0. The zero-order chi connectivity index (χ0) is 19.3. The second-order valence-corrected chi connectivity index (χ2v) is 10.1. The molecular formula is C23H29NO2S. The largest absolute Gasteiger partial charge is 0.496 e. The van der Waals surface area contributed by atoms with E-state index in [0.29, 0.717) is 6.54 Å². The van der Waals surface area contributed by atoms with E-state index in [9.17, 15) is 4.21 Å². The summed E-state index contributed by atoms with van der Waals surface area (Å²) in [4.78, 5) is 0. The molecule has 0 saturated carbocycles. The maximum atomic E-state index is 13.6. The first kappa shape index (κ1) is 19.8. The third-order valence-corrected chi connectivity index (χ3v) is 6.52. The van der Waals surface area contributed by atoms with Crippen molar-refractivity contribution in [3.8, 4) is 0 Å². The molecule has 0 bridgehead atoms. The van der Waals surface area contributed by atoms with Gasteiger partial charge in [0.2, 0.25) is 0 Å². The molecule has 3 rings (SSSR count). The van der Waals surface area contributed by atoms with Crippen molar-refractivity contribution in [1.29, 1.82) is 0 Å². The summed E-state index contributed by atoms with van der Waals surface area (Å²) in [6.45, 7) is 6.72. The fourth-order valence-corrected chi connectivity index (χ4v) is 4.81. The molecule has 3 atom stereocenters. The molecule has 3 unspecified atom stereocenters. The molecule has 0 aliphatic carbocycles. The van der Waals surface area contributed by atoms with Crippen LogP contribution in [0.5, 0.6) is 0 Å². The summed E-state index contributed by atoms with van der Waals surface area (Å²) in [5, 5.41) is 0. The summed E-state index contributed by atoms with van der Waals surface area (Å²) in [5.41, 5.74) is 2.30. The van der Waals surface area contributed by atoms with Gasteiger partial charge in [0.25, 0.3) is 0 Å². The molecule has 4 heteroatoms. The predicted octanol–water partition coefficient (Wildman–Crippen LogP) is 5.38. The number of allylic oxidation sites excluding steroid dienone is 1. The molecule has 0 spiro atoms. The minimum absolute atomic E-state index is 0.0209. The smallest absolute Gasteiger partial charge is 0.119 e. The zero-order valence-electron chi connectivity index (χ0n) is 16.4. The van der Waals surface area contributed by atoms with Crippen LogP contribution < -0.4 is 0 Å². The Balaban J connectivity index is 2.03. The van der Waals surface area contributed by atoms with Crippen molar-refractivity contribution in [2.45, 2.75) is 57.1 Å². The van der Waals surface area contributed by atoms with E-state index in [4.69, 9.17) is 4.74 Å². The number of nitrogens with zero attached hydrogens (tertiary/aromatic N) is 1. The molecule has 1 aliphatic rings. The van der Waals surface area contributed by atoms with E-state index in [-0.39, 0.29) is 16.9 Å². The van der Waals surface area contributed by atoms with Gasteiger partial charge in [0.05, 0.1) is 17.1 Å². The Kier molecular flexibility index (Phi) is 6.51. The molecule has 27 heavy (non-hydrogen) atoms. The monoisotopic (exact) mass is 383 g/mol. The number of benzene rings is 2. The van der Waals surface area contributed by atoms with Crippen molar-refractivity contribution in [3.05, 3.63) is 84.1 Å². The number of ether oxygens (including phenoxy) is 1. The van der Waals surface area contributed by atoms with Gasteiger partial charge in [0.1, 0.15) is 17.1 Å². The van der Waals surface area contributed by atoms with Crippen LogP contribution in [0.4, 0.5) is 0 Å². The minimum atomic E-state index is -1.18. The van der Waals surface area contributed by atoms with Crippen molar-refractivity contribution in [3.63, 3.8) is 0 Å². The second kappa shape index (κ2) is 8.85. The Morgan fingerprint density at radius 3 is 2.26 bits per heavy atom. The third kappa shape index (κ3) is 5.08. The average molecular weight is 384 g/mol. The Morgan fingerprint density at radius 1 is 1.07 bits per heavy atom. The van der Waals surface area contributed by atoms with Crippen LogP contribution in [0, 0.1) is 0 Å². The predicted molar refractivity (Wildman–Crippen MR) is 112 cm³/mol. The van der Waals surface area contributed by atoms with E-state index in [1.165, 1.54) is 0 Å². The normalized spacial score (nSPS) is 19.5. The zero-order valence-corrected chi connectivity index (χ0v) is 17.2. The van der Waals surface area contributed by atoms with Crippen LogP contribution in [0.15, 0.2) is 73.0 Å². The van der Waals surface area contributed by atoms with Gasteiger partial charge in [0, 0.05) is 6.54 Å². The van der Waals surface area contributed by atoms with Gasteiger partial charge in [-0.1, -0.05) is 60.7 Å².